The van der Waals surface area contributed by atoms with Crippen molar-refractivity contribution in [3.05, 3.63) is 0 Å². The third-order valence-electron chi connectivity index (χ3n) is 3.57. The molecule has 0 bridgehead atoms. The lowest BCUT2D eigenvalue weighted by molar-refractivity contribution is -0.128. The lowest BCUT2D eigenvalue weighted by Gasteiger charge is -2.36. The van der Waals surface area contributed by atoms with E-state index in [0.717, 1.165) is 25.8 Å². The molecule has 0 aliphatic heterocycles. The summed E-state index contributed by atoms with van der Waals surface area (Å²) in [6, 6.07) is 0.193. The van der Waals surface area contributed by atoms with Crippen molar-refractivity contribution in [1.82, 2.24) is 5.32 Å². The summed E-state index contributed by atoms with van der Waals surface area (Å²) in [5, 5.41) is 2.97. The summed E-state index contributed by atoms with van der Waals surface area (Å²) < 4.78 is 0. The maximum Gasteiger partial charge on any atom is 0.223 e. The van der Waals surface area contributed by atoms with Gasteiger partial charge in [-0.1, -0.05) is 20.8 Å². The van der Waals surface area contributed by atoms with Crippen LogP contribution in [-0.4, -0.2) is 18.5 Å². The van der Waals surface area contributed by atoms with Gasteiger partial charge >= 0.3 is 0 Å². The van der Waals surface area contributed by atoms with Crippen LogP contribution in [0.1, 0.15) is 40.0 Å². The minimum absolute atomic E-state index is 0.128. The van der Waals surface area contributed by atoms with Gasteiger partial charge in [0.25, 0.3) is 0 Å². The molecule has 0 radical (unpaired) electrons. The van der Waals surface area contributed by atoms with Crippen molar-refractivity contribution in [3.8, 4) is 0 Å². The van der Waals surface area contributed by atoms with Crippen LogP contribution < -0.4 is 11.1 Å². The van der Waals surface area contributed by atoms with Gasteiger partial charge in [-0.25, -0.2) is 0 Å². The average molecular weight is 212 g/mol. The summed E-state index contributed by atoms with van der Waals surface area (Å²) >= 11 is 0. The fourth-order valence-corrected chi connectivity index (χ4v) is 2.43. The zero-order valence-corrected chi connectivity index (χ0v) is 10.1. The highest BCUT2D eigenvalue weighted by molar-refractivity contribution is 5.79. The Kier molecular flexibility index (Phi) is 4.58. The van der Waals surface area contributed by atoms with E-state index in [0.29, 0.717) is 11.8 Å². The van der Waals surface area contributed by atoms with Crippen molar-refractivity contribution in [2.24, 2.45) is 23.5 Å². The largest absolute Gasteiger partial charge is 0.356 e. The normalized spacial score (nSPS) is 36.3. The molecule has 0 aromatic heterocycles. The van der Waals surface area contributed by atoms with Gasteiger partial charge in [-0.05, 0) is 31.1 Å². The number of carbonyl (C=O) groups excluding carboxylic acids is 1. The Morgan fingerprint density at radius 3 is 2.60 bits per heavy atom. The van der Waals surface area contributed by atoms with E-state index >= 15 is 0 Å². The molecule has 1 rings (SSSR count). The molecule has 3 heteroatoms. The van der Waals surface area contributed by atoms with Crippen molar-refractivity contribution in [1.29, 1.82) is 0 Å². The van der Waals surface area contributed by atoms with Gasteiger partial charge in [-0.2, -0.15) is 0 Å². The molecular weight excluding hydrogens is 188 g/mol. The molecule has 4 atom stereocenters. The summed E-state index contributed by atoms with van der Waals surface area (Å²) in [7, 11) is 0. The highest BCUT2D eigenvalue weighted by Gasteiger charge is 2.34. The lowest BCUT2D eigenvalue weighted by atomic mass is 9.72. The molecule has 15 heavy (non-hydrogen) atoms. The lowest BCUT2D eigenvalue weighted by Crippen LogP contribution is -2.45. The number of nitrogens with two attached hydrogens (primary N) is 1. The van der Waals surface area contributed by atoms with Gasteiger partial charge in [0.05, 0.1) is 0 Å². The molecule has 3 N–H and O–H groups in total. The zero-order chi connectivity index (χ0) is 11.4. The Morgan fingerprint density at radius 1 is 1.33 bits per heavy atom. The first kappa shape index (κ1) is 12.5. The number of hydrogen-bond acceptors (Lipinski definition) is 2. The van der Waals surface area contributed by atoms with Crippen molar-refractivity contribution in [2.75, 3.05) is 6.54 Å². The highest BCUT2D eigenvalue weighted by Crippen LogP contribution is 2.32. The molecule has 1 aliphatic rings. The Balaban J connectivity index is 2.50. The van der Waals surface area contributed by atoms with Crippen LogP contribution in [0.15, 0.2) is 0 Å². The van der Waals surface area contributed by atoms with Crippen LogP contribution in [0, 0.1) is 17.8 Å². The first-order chi connectivity index (χ1) is 7.06. The Labute approximate surface area is 92.8 Å². The summed E-state index contributed by atoms with van der Waals surface area (Å²) in [5.74, 6) is 1.35. The Morgan fingerprint density at radius 2 is 2.00 bits per heavy atom. The SMILES string of the molecule is CCCNC(=O)C1CC(N)C(C)CC1C. The van der Waals surface area contributed by atoms with E-state index in [1.54, 1.807) is 0 Å². The monoisotopic (exact) mass is 212 g/mol. The fraction of sp³-hybridized carbons (Fsp3) is 0.917. The van der Waals surface area contributed by atoms with Crippen LogP contribution in [0.4, 0.5) is 0 Å². The molecule has 0 aromatic rings. The van der Waals surface area contributed by atoms with Crippen LogP contribution in [0.2, 0.25) is 0 Å². The van der Waals surface area contributed by atoms with Gasteiger partial charge in [0.15, 0.2) is 0 Å². The number of rotatable bonds is 3. The molecule has 1 amide bonds. The van der Waals surface area contributed by atoms with E-state index in [1.165, 1.54) is 0 Å². The maximum atomic E-state index is 11.9. The molecule has 1 saturated carbocycles. The van der Waals surface area contributed by atoms with Crippen molar-refractivity contribution in [3.63, 3.8) is 0 Å². The Bertz CT molecular complexity index is 218. The molecule has 0 heterocycles. The van der Waals surface area contributed by atoms with Gasteiger partial charge in [0.2, 0.25) is 5.91 Å². The second-order valence-electron chi connectivity index (χ2n) is 4.99. The molecular formula is C12H24N2O. The second-order valence-corrected chi connectivity index (χ2v) is 4.99. The van der Waals surface area contributed by atoms with Crippen LogP contribution in [0.5, 0.6) is 0 Å². The molecule has 88 valence electrons. The summed E-state index contributed by atoms with van der Waals surface area (Å²) in [6.07, 6.45) is 2.92. The van der Waals surface area contributed by atoms with Gasteiger partial charge in [-0.15, -0.1) is 0 Å². The van der Waals surface area contributed by atoms with Gasteiger partial charge < -0.3 is 11.1 Å². The summed E-state index contributed by atoms with van der Waals surface area (Å²) in [4.78, 5) is 11.9. The summed E-state index contributed by atoms with van der Waals surface area (Å²) in [5.41, 5.74) is 6.02. The van der Waals surface area contributed by atoms with Crippen molar-refractivity contribution < 1.29 is 4.79 Å². The molecule has 3 nitrogen and oxygen atoms in total. The standard InChI is InChI=1S/C12H24N2O/c1-4-5-14-12(15)10-7-11(13)9(3)6-8(10)2/h8-11H,4-7,13H2,1-3H3,(H,14,15). The number of carbonyl (C=O) groups is 1. The topological polar surface area (TPSA) is 55.1 Å². The number of hydrogen-bond donors (Lipinski definition) is 2. The van der Waals surface area contributed by atoms with Crippen molar-refractivity contribution >= 4 is 5.91 Å². The van der Waals surface area contributed by atoms with Crippen LogP contribution in [-0.2, 0) is 4.79 Å². The van der Waals surface area contributed by atoms with E-state index in [4.69, 9.17) is 5.73 Å². The molecule has 0 spiro atoms. The first-order valence-electron chi connectivity index (χ1n) is 6.09. The van der Waals surface area contributed by atoms with Gasteiger partial charge in [0, 0.05) is 18.5 Å². The van der Waals surface area contributed by atoms with Crippen LogP contribution in [0.3, 0.4) is 0 Å². The predicted molar refractivity (Wildman–Crippen MR) is 62.3 cm³/mol. The molecule has 0 saturated heterocycles. The maximum absolute atomic E-state index is 11.9. The van der Waals surface area contributed by atoms with E-state index in [9.17, 15) is 4.79 Å². The second kappa shape index (κ2) is 5.50. The van der Waals surface area contributed by atoms with E-state index in [-0.39, 0.29) is 17.9 Å². The first-order valence-corrected chi connectivity index (χ1v) is 6.09. The number of nitrogens with one attached hydrogen (secondary N) is 1. The molecule has 4 unspecified atom stereocenters. The molecule has 1 fully saturated rings. The van der Waals surface area contributed by atoms with Crippen LogP contribution in [0.25, 0.3) is 0 Å². The third kappa shape index (κ3) is 3.20. The van der Waals surface area contributed by atoms with E-state index in [2.05, 4.69) is 26.1 Å². The third-order valence-corrected chi connectivity index (χ3v) is 3.57. The minimum Gasteiger partial charge on any atom is -0.356 e. The average Bonchev–Trinajstić information content (AvgIpc) is 2.20. The highest BCUT2D eigenvalue weighted by atomic mass is 16.1. The smallest absolute Gasteiger partial charge is 0.223 e. The van der Waals surface area contributed by atoms with E-state index < -0.39 is 0 Å². The molecule has 1 aliphatic carbocycles. The van der Waals surface area contributed by atoms with Gasteiger partial charge in [-0.3, -0.25) is 4.79 Å². The molecule has 0 aromatic carbocycles. The predicted octanol–water partition coefficient (Wildman–Crippen LogP) is 1.52. The van der Waals surface area contributed by atoms with E-state index in [1.807, 2.05) is 0 Å². The summed E-state index contributed by atoms with van der Waals surface area (Å²) in [6.45, 7) is 7.20. The Hall–Kier alpha value is -0.570. The van der Waals surface area contributed by atoms with Crippen molar-refractivity contribution in [2.45, 2.75) is 46.1 Å². The van der Waals surface area contributed by atoms with Crippen LogP contribution >= 0.6 is 0 Å². The zero-order valence-electron chi connectivity index (χ0n) is 10.1. The quantitative estimate of drug-likeness (QED) is 0.745. The van der Waals surface area contributed by atoms with Gasteiger partial charge in [0.1, 0.15) is 0 Å². The number of amides is 1. The minimum atomic E-state index is 0.128. The fourth-order valence-electron chi connectivity index (χ4n) is 2.43.